The monoisotopic (exact) mass is 549 g/mol. The molecule has 1 saturated heterocycles. The minimum absolute atomic E-state index is 0.0175. The lowest BCUT2D eigenvalue weighted by Crippen LogP contribution is -2.42. The molecule has 0 bridgehead atoms. The quantitative estimate of drug-likeness (QED) is 0.264. The van der Waals surface area contributed by atoms with E-state index in [1.165, 1.54) is 0 Å². The number of nitrogens with zero attached hydrogens (tertiary/aromatic N) is 2. The Morgan fingerprint density at radius 3 is 2.22 bits per heavy atom. The molecule has 0 aliphatic carbocycles. The fraction of sp³-hybridized carbons (Fsp3) is 0.314. The maximum Gasteiger partial charge on any atom is 0.410 e. The molecule has 3 amide bonds. The first-order valence-corrected chi connectivity index (χ1v) is 14.3. The van der Waals surface area contributed by atoms with E-state index >= 15 is 0 Å². The highest BCUT2D eigenvalue weighted by Crippen LogP contribution is 2.37. The average Bonchev–Trinajstić information content (AvgIpc) is 3.39. The van der Waals surface area contributed by atoms with Gasteiger partial charge in [0.15, 0.2) is 0 Å². The van der Waals surface area contributed by atoms with Gasteiger partial charge in [0.1, 0.15) is 5.60 Å². The Hall–Kier alpha value is -4.32. The summed E-state index contributed by atoms with van der Waals surface area (Å²) in [6.45, 7) is 9.29. The van der Waals surface area contributed by atoms with E-state index < -0.39 is 5.60 Å². The van der Waals surface area contributed by atoms with E-state index in [9.17, 15) is 9.59 Å². The third-order valence-corrected chi connectivity index (χ3v) is 7.78. The van der Waals surface area contributed by atoms with Crippen LogP contribution >= 0.6 is 0 Å². The highest BCUT2D eigenvalue weighted by Gasteiger charge is 2.40. The van der Waals surface area contributed by atoms with Gasteiger partial charge in [0, 0.05) is 37.2 Å². The average molecular weight is 550 g/mol. The number of para-hydroxylation sites is 1. The van der Waals surface area contributed by atoms with Crippen molar-refractivity contribution in [2.45, 2.75) is 45.3 Å². The van der Waals surface area contributed by atoms with Crippen molar-refractivity contribution < 1.29 is 14.3 Å². The van der Waals surface area contributed by atoms with Crippen LogP contribution in [0.1, 0.15) is 50.8 Å². The second kappa shape index (κ2) is 12.0. The van der Waals surface area contributed by atoms with Crippen LogP contribution in [0.4, 0.5) is 15.3 Å². The number of anilines is 1. The van der Waals surface area contributed by atoms with Crippen molar-refractivity contribution in [1.29, 1.82) is 0 Å². The molecule has 1 N–H and O–H groups in total. The van der Waals surface area contributed by atoms with Crippen molar-refractivity contribution in [2.75, 3.05) is 25.0 Å². The molecule has 0 spiro atoms. The van der Waals surface area contributed by atoms with Gasteiger partial charge in [0.05, 0.1) is 6.04 Å². The van der Waals surface area contributed by atoms with E-state index in [-0.39, 0.29) is 30.0 Å². The van der Waals surface area contributed by atoms with Gasteiger partial charge in [-0.05, 0) is 61.7 Å². The molecule has 0 radical (unpaired) electrons. The zero-order chi connectivity index (χ0) is 29.0. The number of benzene rings is 4. The van der Waals surface area contributed by atoms with Crippen LogP contribution in [-0.2, 0) is 4.74 Å². The topological polar surface area (TPSA) is 61.9 Å². The maximum absolute atomic E-state index is 13.8. The first kappa shape index (κ1) is 28.2. The summed E-state index contributed by atoms with van der Waals surface area (Å²) in [4.78, 5) is 30.9. The number of fused-ring (bicyclic) bond motifs is 1. The summed E-state index contributed by atoms with van der Waals surface area (Å²) in [6, 6.07) is 33.9. The van der Waals surface area contributed by atoms with E-state index in [1.54, 1.807) is 0 Å². The largest absolute Gasteiger partial charge is 0.444 e. The van der Waals surface area contributed by atoms with Gasteiger partial charge in [-0.3, -0.25) is 0 Å². The van der Waals surface area contributed by atoms with E-state index in [1.807, 2.05) is 97.3 Å². The van der Waals surface area contributed by atoms with Crippen molar-refractivity contribution in [3.05, 3.63) is 114 Å². The third kappa shape index (κ3) is 6.71. The summed E-state index contributed by atoms with van der Waals surface area (Å²) >= 11 is 0. The van der Waals surface area contributed by atoms with Crippen molar-refractivity contribution in [2.24, 2.45) is 5.92 Å². The van der Waals surface area contributed by atoms with Gasteiger partial charge in [-0.15, -0.1) is 0 Å². The first-order valence-electron chi connectivity index (χ1n) is 14.3. The second-order valence-corrected chi connectivity index (χ2v) is 11.9. The number of hydrogen-bond donors (Lipinski definition) is 1. The number of rotatable bonds is 6. The van der Waals surface area contributed by atoms with Crippen LogP contribution < -0.4 is 5.32 Å². The molecule has 1 fully saturated rings. The normalized spacial score (nSPS) is 17.7. The fourth-order valence-corrected chi connectivity index (χ4v) is 5.77. The number of amides is 3. The highest BCUT2D eigenvalue weighted by molar-refractivity contribution is 5.89. The van der Waals surface area contributed by atoms with Gasteiger partial charge in [-0.2, -0.15) is 0 Å². The Labute approximate surface area is 242 Å². The molecule has 5 rings (SSSR count). The standard InChI is InChI=1S/C35H39N3O3/c1-25(30-21-13-17-26-16-11-12-20-31(26)30)38(34(40)41-35(2,3)4)23-28-22-37(24-32(28)27-14-7-5-8-15-27)33(39)36-29-18-9-6-10-19-29/h5-21,25,28,32H,22-24H2,1-4H3,(H,36,39)/t25-,28?,32?/m1/s1. The van der Waals surface area contributed by atoms with Gasteiger partial charge in [0.25, 0.3) is 0 Å². The smallest absolute Gasteiger partial charge is 0.410 e. The van der Waals surface area contributed by atoms with Gasteiger partial charge in [-0.1, -0.05) is 91.0 Å². The van der Waals surface area contributed by atoms with Crippen molar-refractivity contribution in [1.82, 2.24) is 9.80 Å². The Kier molecular flexibility index (Phi) is 8.29. The Balaban J connectivity index is 1.46. The highest BCUT2D eigenvalue weighted by atomic mass is 16.6. The van der Waals surface area contributed by atoms with Gasteiger partial charge in [-0.25, -0.2) is 9.59 Å². The molecule has 1 heterocycles. The number of carbonyl (C=O) groups is 2. The number of nitrogens with one attached hydrogen (secondary N) is 1. The third-order valence-electron chi connectivity index (χ3n) is 7.78. The molecule has 6 heteroatoms. The van der Waals surface area contributed by atoms with Crippen LogP contribution in [0, 0.1) is 5.92 Å². The summed E-state index contributed by atoms with van der Waals surface area (Å²) in [5, 5.41) is 5.28. The SMILES string of the molecule is C[C@H](c1cccc2ccccc12)N(CC1CN(C(=O)Nc2ccccc2)CC1c1ccccc1)C(=O)OC(C)(C)C. The van der Waals surface area contributed by atoms with Crippen molar-refractivity contribution in [3.8, 4) is 0 Å². The minimum atomic E-state index is -0.635. The molecule has 4 aromatic rings. The second-order valence-electron chi connectivity index (χ2n) is 11.9. The van der Waals surface area contributed by atoms with E-state index in [0.29, 0.717) is 19.6 Å². The lowest BCUT2D eigenvalue weighted by molar-refractivity contribution is 0.0138. The molecule has 1 aliphatic heterocycles. The molecule has 0 aromatic heterocycles. The summed E-state index contributed by atoms with van der Waals surface area (Å²) in [7, 11) is 0. The predicted molar refractivity (Wildman–Crippen MR) is 165 cm³/mol. The van der Waals surface area contributed by atoms with Crippen LogP contribution in [0.5, 0.6) is 0 Å². The molecule has 212 valence electrons. The summed E-state index contributed by atoms with van der Waals surface area (Å²) < 4.78 is 5.95. The van der Waals surface area contributed by atoms with Crippen molar-refractivity contribution >= 4 is 28.6 Å². The van der Waals surface area contributed by atoms with Crippen LogP contribution in [-0.4, -0.2) is 47.2 Å². The summed E-state index contributed by atoms with van der Waals surface area (Å²) in [5.41, 5.74) is 2.36. The van der Waals surface area contributed by atoms with Gasteiger partial charge < -0.3 is 19.9 Å². The summed E-state index contributed by atoms with van der Waals surface area (Å²) in [5.74, 6) is 0.0891. The van der Waals surface area contributed by atoms with Crippen LogP contribution in [0.2, 0.25) is 0 Å². The minimum Gasteiger partial charge on any atom is -0.444 e. The maximum atomic E-state index is 13.8. The van der Waals surface area contributed by atoms with Crippen LogP contribution in [0.25, 0.3) is 10.8 Å². The van der Waals surface area contributed by atoms with Crippen LogP contribution in [0.3, 0.4) is 0 Å². The molecule has 3 atom stereocenters. The van der Waals surface area contributed by atoms with Gasteiger partial charge in [0.2, 0.25) is 0 Å². The molecular formula is C35H39N3O3. The number of carbonyl (C=O) groups excluding carboxylic acids is 2. The molecule has 41 heavy (non-hydrogen) atoms. The molecule has 4 aromatic carbocycles. The van der Waals surface area contributed by atoms with E-state index in [0.717, 1.165) is 27.6 Å². The van der Waals surface area contributed by atoms with Gasteiger partial charge >= 0.3 is 12.1 Å². The van der Waals surface area contributed by atoms with Crippen LogP contribution in [0.15, 0.2) is 103 Å². The molecule has 6 nitrogen and oxygen atoms in total. The first-order chi connectivity index (χ1) is 19.7. The predicted octanol–water partition coefficient (Wildman–Crippen LogP) is 8.09. The number of ether oxygens (including phenoxy) is 1. The Morgan fingerprint density at radius 1 is 0.878 bits per heavy atom. The summed E-state index contributed by atoms with van der Waals surface area (Å²) in [6.07, 6.45) is -0.350. The number of hydrogen-bond acceptors (Lipinski definition) is 3. The Bertz CT molecular complexity index is 1480. The fourth-order valence-electron chi connectivity index (χ4n) is 5.77. The zero-order valence-electron chi connectivity index (χ0n) is 24.3. The Morgan fingerprint density at radius 2 is 1.51 bits per heavy atom. The zero-order valence-corrected chi connectivity index (χ0v) is 24.3. The molecule has 1 aliphatic rings. The number of urea groups is 1. The van der Waals surface area contributed by atoms with Crippen molar-refractivity contribution in [3.63, 3.8) is 0 Å². The molecular weight excluding hydrogens is 510 g/mol. The van der Waals surface area contributed by atoms with E-state index in [2.05, 4.69) is 48.6 Å². The molecule has 2 unspecified atom stereocenters. The van der Waals surface area contributed by atoms with E-state index in [4.69, 9.17) is 4.74 Å². The number of likely N-dealkylation sites (tertiary alicyclic amines) is 1. The lowest BCUT2D eigenvalue weighted by atomic mass is 9.88. The lowest BCUT2D eigenvalue weighted by Gasteiger charge is -2.35. The molecule has 0 saturated carbocycles.